The summed E-state index contributed by atoms with van der Waals surface area (Å²) in [7, 11) is 1.91. The number of nitrogens with zero attached hydrogens (tertiary/aromatic N) is 3. The smallest absolute Gasteiger partial charge is 0.269 e. The largest absolute Gasteiger partial charge is 0.378 e. The summed E-state index contributed by atoms with van der Waals surface area (Å²) in [4.78, 5) is 27.2. The number of carbonyl (C=O) groups excluding carboxylic acids is 1. The Hall–Kier alpha value is -2.97. The maximum absolute atomic E-state index is 12.6. The number of hydrogen-bond acceptors (Lipinski definition) is 6. The molecule has 0 bridgehead atoms. The summed E-state index contributed by atoms with van der Waals surface area (Å²) in [5.41, 5.74) is 2.86. The van der Waals surface area contributed by atoms with Gasteiger partial charge in [-0.25, -0.2) is 0 Å². The molecule has 2 aromatic rings. The van der Waals surface area contributed by atoms with E-state index in [0.29, 0.717) is 12.2 Å². The highest BCUT2D eigenvalue weighted by Gasteiger charge is 2.21. The lowest BCUT2D eigenvalue weighted by atomic mass is 10.1. The predicted molar refractivity (Wildman–Crippen MR) is 112 cm³/mol. The molecule has 0 aromatic heterocycles. The Morgan fingerprint density at radius 3 is 2.52 bits per heavy atom. The molecule has 1 N–H and O–H groups in total. The Balaban J connectivity index is 1.63. The van der Waals surface area contributed by atoms with Crippen LogP contribution in [-0.2, 0) is 16.1 Å². The number of non-ortho nitro benzene ring substituents is 1. The van der Waals surface area contributed by atoms with Gasteiger partial charge in [-0.3, -0.25) is 19.8 Å². The van der Waals surface area contributed by atoms with E-state index in [4.69, 9.17) is 4.74 Å². The van der Waals surface area contributed by atoms with Gasteiger partial charge in [0.05, 0.1) is 24.2 Å². The quantitative estimate of drug-likeness (QED) is 0.570. The number of hydrogen-bond donors (Lipinski definition) is 1. The van der Waals surface area contributed by atoms with Crippen LogP contribution in [0.3, 0.4) is 0 Å². The minimum Gasteiger partial charge on any atom is -0.378 e. The number of likely N-dealkylation sites (N-methyl/N-ethyl adjacent to an activating group) is 1. The van der Waals surface area contributed by atoms with Crippen molar-refractivity contribution in [2.45, 2.75) is 19.5 Å². The molecule has 8 nitrogen and oxygen atoms in total. The SMILES string of the molecule is C[C@H](C(=O)Nc1ccc([N+](=O)[O-])cc1)N(C)Cc1ccccc1N1CCOCC1. The van der Waals surface area contributed by atoms with E-state index in [2.05, 4.69) is 22.3 Å². The third-order valence-electron chi connectivity index (χ3n) is 5.15. The van der Waals surface area contributed by atoms with Crippen molar-refractivity contribution in [1.29, 1.82) is 0 Å². The molecule has 1 heterocycles. The fraction of sp³-hybridized carbons (Fsp3) is 0.381. The minimum atomic E-state index is -0.464. The van der Waals surface area contributed by atoms with Gasteiger partial charge in [-0.2, -0.15) is 0 Å². The predicted octanol–water partition coefficient (Wildman–Crippen LogP) is 2.89. The number of carbonyl (C=O) groups is 1. The second kappa shape index (κ2) is 9.49. The summed E-state index contributed by atoms with van der Waals surface area (Å²) in [5, 5.41) is 13.6. The molecule has 1 saturated heterocycles. The van der Waals surface area contributed by atoms with Crippen molar-refractivity contribution in [2.75, 3.05) is 43.6 Å². The zero-order valence-corrected chi connectivity index (χ0v) is 16.7. The van der Waals surface area contributed by atoms with E-state index in [9.17, 15) is 14.9 Å². The first-order valence-corrected chi connectivity index (χ1v) is 9.62. The van der Waals surface area contributed by atoms with Crippen LogP contribution in [0.4, 0.5) is 17.1 Å². The number of benzene rings is 2. The van der Waals surface area contributed by atoms with Crippen LogP contribution in [-0.4, -0.2) is 55.1 Å². The van der Waals surface area contributed by atoms with Gasteiger partial charge in [0.2, 0.25) is 5.91 Å². The second-order valence-corrected chi connectivity index (χ2v) is 7.11. The van der Waals surface area contributed by atoms with Crippen molar-refractivity contribution < 1.29 is 14.5 Å². The minimum absolute atomic E-state index is 0.00659. The Morgan fingerprint density at radius 2 is 1.86 bits per heavy atom. The Labute approximate surface area is 170 Å². The van der Waals surface area contributed by atoms with E-state index < -0.39 is 4.92 Å². The van der Waals surface area contributed by atoms with Crippen molar-refractivity contribution in [2.24, 2.45) is 0 Å². The number of ether oxygens (including phenoxy) is 1. The standard InChI is InChI=1S/C21H26N4O4/c1-16(21(26)22-18-7-9-19(10-8-18)25(27)28)23(2)15-17-5-3-4-6-20(17)24-11-13-29-14-12-24/h3-10,16H,11-15H2,1-2H3,(H,22,26)/t16-/m1/s1. The molecule has 29 heavy (non-hydrogen) atoms. The summed E-state index contributed by atoms with van der Waals surface area (Å²) in [6.07, 6.45) is 0. The first-order chi connectivity index (χ1) is 14.0. The monoisotopic (exact) mass is 398 g/mol. The van der Waals surface area contributed by atoms with E-state index >= 15 is 0 Å². The second-order valence-electron chi connectivity index (χ2n) is 7.11. The van der Waals surface area contributed by atoms with Crippen molar-refractivity contribution >= 4 is 23.0 Å². The number of nitrogens with one attached hydrogen (secondary N) is 1. The van der Waals surface area contributed by atoms with Gasteiger partial charge >= 0.3 is 0 Å². The van der Waals surface area contributed by atoms with E-state index in [1.807, 2.05) is 31.0 Å². The zero-order valence-electron chi connectivity index (χ0n) is 16.7. The van der Waals surface area contributed by atoms with Gasteiger partial charge in [0.15, 0.2) is 0 Å². The van der Waals surface area contributed by atoms with Crippen molar-refractivity contribution in [3.63, 3.8) is 0 Å². The van der Waals surface area contributed by atoms with Crippen molar-refractivity contribution in [3.8, 4) is 0 Å². The Morgan fingerprint density at radius 1 is 1.21 bits per heavy atom. The Bertz CT molecular complexity index is 850. The molecule has 8 heteroatoms. The van der Waals surface area contributed by atoms with Crippen LogP contribution in [0.15, 0.2) is 48.5 Å². The van der Waals surface area contributed by atoms with Gasteiger partial charge < -0.3 is 15.0 Å². The maximum atomic E-state index is 12.6. The molecule has 1 fully saturated rings. The van der Waals surface area contributed by atoms with Crippen LogP contribution in [0.5, 0.6) is 0 Å². The number of anilines is 2. The number of rotatable bonds is 7. The van der Waals surface area contributed by atoms with Crippen LogP contribution < -0.4 is 10.2 Å². The molecule has 1 amide bonds. The number of para-hydroxylation sites is 1. The van der Waals surface area contributed by atoms with E-state index in [1.54, 1.807) is 0 Å². The normalized spacial score (nSPS) is 15.2. The molecular formula is C21H26N4O4. The van der Waals surface area contributed by atoms with E-state index in [0.717, 1.165) is 31.9 Å². The van der Waals surface area contributed by atoms with E-state index in [1.165, 1.54) is 30.0 Å². The molecule has 0 saturated carbocycles. The molecule has 0 spiro atoms. The molecule has 1 aliphatic rings. The molecule has 1 atom stereocenters. The van der Waals surface area contributed by atoms with Crippen LogP contribution >= 0.6 is 0 Å². The topological polar surface area (TPSA) is 87.9 Å². The summed E-state index contributed by atoms with van der Waals surface area (Å²) in [5.74, 6) is -0.162. The Kier molecular flexibility index (Phi) is 6.79. The summed E-state index contributed by atoms with van der Waals surface area (Å²) in [6.45, 7) is 5.63. The summed E-state index contributed by atoms with van der Waals surface area (Å²) in [6, 6.07) is 13.7. The van der Waals surface area contributed by atoms with Gasteiger partial charge in [-0.1, -0.05) is 18.2 Å². The fourth-order valence-corrected chi connectivity index (χ4v) is 3.28. The van der Waals surface area contributed by atoms with Crippen molar-refractivity contribution in [3.05, 3.63) is 64.2 Å². The number of morpholine rings is 1. The number of nitro groups is 1. The first kappa shape index (κ1) is 20.8. The average Bonchev–Trinajstić information content (AvgIpc) is 2.74. The van der Waals surface area contributed by atoms with Crippen LogP contribution in [0.25, 0.3) is 0 Å². The molecule has 1 aliphatic heterocycles. The number of amides is 1. The summed E-state index contributed by atoms with van der Waals surface area (Å²) >= 11 is 0. The van der Waals surface area contributed by atoms with Gasteiger partial charge in [0, 0.05) is 43.1 Å². The van der Waals surface area contributed by atoms with Crippen molar-refractivity contribution in [1.82, 2.24) is 4.90 Å². The molecule has 0 unspecified atom stereocenters. The highest BCUT2D eigenvalue weighted by atomic mass is 16.6. The zero-order chi connectivity index (χ0) is 20.8. The maximum Gasteiger partial charge on any atom is 0.269 e. The van der Waals surface area contributed by atoms with Gasteiger partial charge in [-0.05, 0) is 37.7 Å². The lowest BCUT2D eigenvalue weighted by Crippen LogP contribution is -2.40. The lowest BCUT2D eigenvalue weighted by molar-refractivity contribution is -0.384. The molecule has 3 rings (SSSR count). The molecule has 154 valence electrons. The van der Waals surface area contributed by atoms with Gasteiger partial charge in [0.25, 0.3) is 5.69 Å². The lowest BCUT2D eigenvalue weighted by Gasteiger charge is -2.32. The molecule has 0 aliphatic carbocycles. The van der Waals surface area contributed by atoms with Gasteiger partial charge in [0.1, 0.15) is 0 Å². The summed E-state index contributed by atoms with van der Waals surface area (Å²) < 4.78 is 5.45. The fourth-order valence-electron chi connectivity index (χ4n) is 3.28. The number of nitro benzene ring substituents is 1. The third kappa shape index (κ3) is 5.30. The van der Waals surface area contributed by atoms with Crippen LogP contribution in [0.2, 0.25) is 0 Å². The van der Waals surface area contributed by atoms with Crippen LogP contribution in [0.1, 0.15) is 12.5 Å². The third-order valence-corrected chi connectivity index (χ3v) is 5.15. The first-order valence-electron chi connectivity index (χ1n) is 9.62. The molecular weight excluding hydrogens is 372 g/mol. The highest BCUT2D eigenvalue weighted by Crippen LogP contribution is 2.23. The van der Waals surface area contributed by atoms with Gasteiger partial charge in [-0.15, -0.1) is 0 Å². The van der Waals surface area contributed by atoms with Crippen LogP contribution in [0, 0.1) is 10.1 Å². The molecule has 2 aromatic carbocycles. The van der Waals surface area contributed by atoms with E-state index in [-0.39, 0.29) is 17.6 Å². The average molecular weight is 398 g/mol. The molecule has 0 radical (unpaired) electrons. The highest BCUT2D eigenvalue weighted by molar-refractivity contribution is 5.94.